The fourth-order valence-electron chi connectivity index (χ4n) is 1.57. The highest BCUT2D eigenvalue weighted by molar-refractivity contribution is 5.99. The molecule has 0 aliphatic rings. The van der Waals surface area contributed by atoms with E-state index in [9.17, 15) is 4.79 Å². The Labute approximate surface area is 96.8 Å². The Hall–Kier alpha value is -1.77. The highest BCUT2D eigenvalue weighted by atomic mass is 16.2. The molecule has 1 rings (SSSR count). The molecule has 1 aromatic carbocycles. The molecule has 16 heavy (non-hydrogen) atoms. The lowest BCUT2D eigenvalue weighted by Crippen LogP contribution is -2.28. The van der Waals surface area contributed by atoms with Gasteiger partial charge < -0.3 is 10.2 Å². The minimum Gasteiger partial charge on any atom is -0.387 e. The van der Waals surface area contributed by atoms with E-state index >= 15 is 0 Å². The lowest BCUT2D eigenvalue weighted by atomic mass is 10.1. The normalized spacial score (nSPS) is 9.69. The Morgan fingerprint density at radius 3 is 2.62 bits per heavy atom. The molecule has 0 radical (unpaired) electrons. The monoisotopic (exact) mass is 218 g/mol. The zero-order valence-corrected chi connectivity index (χ0v) is 10.1. The molecule has 1 aromatic rings. The smallest absolute Gasteiger partial charge is 0.255 e. The van der Waals surface area contributed by atoms with Crippen molar-refractivity contribution in [2.75, 3.05) is 26.0 Å². The number of hydrogen-bond acceptors (Lipinski definition) is 2. The molecule has 0 unspecified atom stereocenters. The molecule has 86 valence electrons. The number of para-hydroxylation sites is 1. The average Bonchev–Trinajstić information content (AvgIpc) is 2.27. The summed E-state index contributed by atoms with van der Waals surface area (Å²) >= 11 is 0. The van der Waals surface area contributed by atoms with E-state index in [-0.39, 0.29) is 5.91 Å². The Morgan fingerprint density at radius 1 is 1.44 bits per heavy atom. The predicted octanol–water partition coefficient (Wildman–Crippen LogP) is 2.38. The number of carbonyl (C=O) groups excluding carboxylic acids is 1. The molecule has 0 aliphatic heterocycles. The summed E-state index contributed by atoms with van der Waals surface area (Å²) in [4.78, 5) is 13.8. The maximum absolute atomic E-state index is 12.1. The van der Waals surface area contributed by atoms with Gasteiger partial charge in [0.2, 0.25) is 0 Å². The van der Waals surface area contributed by atoms with Crippen LogP contribution in [0.1, 0.15) is 17.3 Å². The third-order valence-corrected chi connectivity index (χ3v) is 2.28. The van der Waals surface area contributed by atoms with Crippen molar-refractivity contribution in [2.24, 2.45) is 0 Å². The summed E-state index contributed by atoms with van der Waals surface area (Å²) in [5, 5.41) is 3.01. The van der Waals surface area contributed by atoms with Crippen LogP contribution in [0.5, 0.6) is 0 Å². The molecule has 3 heteroatoms. The van der Waals surface area contributed by atoms with Crippen molar-refractivity contribution in [3.8, 4) is 0 Å². The first-order chi connectivity index (χ1) is 7.56. The second kappa shape index (κ2) is 5.35. The van der Waals surface area contributed by atoms with E-state index in [1.807, 2.05) is 38.2 Å². The molecule has 0 heterocycles. The molecule has 0 saturated carbocycles. The lowest BCUT2D eigenvalue weighted by molar-refractivity contribution is 0.0808. The number of anilines is 1. The molecule has 0 aromatic heterocycles. The van der Waals surface area contributed by atoms with E-state index in [2.05, 4.69) is 11.9 Å². The van der Waals surface area contributed by atoms with Gasteiger partial charge >= 0.3 is 0 Å². The van der Waals surface area contributed by atoms with Gasteiger partial charge in [-0.25, -0.2) is 0 Å². The maximum atomic E-state index is 12.1. The van der Waals surface area contributed by atoms with Crippen LogP contribution in [0.2, 0.25) is 0 Å². The molecule has 1 N–H and O–H groups in total. The van der Waals surface area contributed by atoms with E-state index < -0.39 is 0 Å². The average molecular weight is 218 g/mol. The van der Waals surface area contributed by atoms with Gasteiger partial charge in [0.1, 0.15) is 0 Å². The van der Waals surface area contributed by atoms with Gasteiger partial charge in [0.25, 0.3) is 5.91 Å². The van der Waals surface area contributed by atoms with Crippen LogP contribution in [0, 0.1) is 0 Å². The summed E-state index contributed by atoms with van der Waals surface area (Å²) in [7, 11) is 3.59. The summed E-state index contributed by atoms with van der Waals surface area (Å²) < 4.78 is 0. The van der Waals surface area contributed by atoms with Crippen LogP contribution in [0.25, 0.3) is 0 Å². The quantitative estimate of drug-likeness (QED) is 0.787. The number of amides is 1. The van der Waals surface area contributed by atoms with Gasteiger partial charge in [-0.3, -0.25) is 4.79 Å². The molecule has 0 bridgehead atoms. The molecule has 1 amide bonds. The van der Waals surface area contributed by atoms with Gasteiger partial charge in [-0.1, -0.05) is 24.3 Å². The van der Waals surface area contributed by atoms with Gasteiger partial charge in [0.15, 0.2) is 0 Å². The number of nitrogens with one attached hydrogen (secondary N) is 1. The van der Waals surface area contributed by atoms with Crippen molar-refractivity contribution < 1.29 is 4.79 Å². The van der Waals surface area contributed by atoms with Crippen LogP contribution >= 0.6 is 0 Å². The molecular formula is C13H18N2O. The molecule has 0 atom stereocenters. The largest absolute Gasteiger partial charge is 0.387 e. The van der Waals surface area contributed by atoms with Gasteiger partial charge in [0, 0.05) is 26.3 Å². The highest BCUT2D eigenvalue weighted by Gasteiger charge is 2.14. The minimum atomic E-state index is 0.00736. The number of carbonyl (C=O) groups is 1. The number of nitrogens with zero attached hydrogens (tertiary/aromatic N) is 1. The van der Waals surface area contributed by atoms with Crippen molar-refractivity contribution >= 4 is 11.6 Å². The Kier molecular flexibility index (Phi) is 4.11. The summed E-state index contributed by atoms with van der Waals surface area (Å²) in [6.07, 6.45) is 0. The van der Waals surface area contributed by atoms with Gasteiger partial charge in [0.05, 0.1) is 5.56 Å². The minimum absolute atomic E-state index is 0.00736. The van der Waals surface area contributed by atoms with E-state index in [0.29, 0.717) is 12.1 Å². The topological polar surface area (TPSA) is 32.3 Å². The fourth-order valence-corrected chi connectivity index (χ4v) is 1.57. The van der Waals surface area contributed by atoms with Crippen molar-refractivity contribution in [3.63, 3.8) is 0 Å². The van der Waals surface area contributed by atoms with Gasteiger partial charge in [-0.2, -0.15) is 0 Å². The van der Waals surface area contributed by atoms with Gasteiger partial charge in [-0.05, 0) is 19.1 Å². The standard InChI is InChI=1S/C13H18N2O/c1-10(2)9-15(4)13(16)11-7-5-6-8-12(11)14-3/h5-8,14H,1,9H2,2-4H3. The molecular weight excluding hydrogens is 200 g/mol. The van der Waals surface area contributed by atoms with Crippen LogP contribution in [-0.2, 0) is 0 Å². The Morgan fingerprint density at radius 2 is 2.06 bits per heavy atom. The number of benzene rings is 1. The second-order valence-electron chi connectivity index (χ2n) is 3.91. The summed E-state index contributed by atoms with van der Waals surface area (Å²) in [6.45, 7) is 6.29. The second-order valence-corrected chi connectivity index (χ2v) is 3.91. The van der Waals surface area contributed by atoms with Crippen LogP contribution in [0.3, 0.4) is 0 Å². The fraction of sp³-hybridized carbons (Fsp3) is 0.308. The highest BCUT2D eigenvalue weighted by Crippen LogP contribution is 2.16. The molecule has 0 aliphatic carbocycles. The van der Waals surface area contributed by atoms with Crippen LogP contribution < -0.4 is 5.32 Å². The van der Waals surface area contributed by atoms with Crippen LogP contribution in [0.15, 0.2) is 36.4 Å². The van der Waals surface area contributed by atoms with Crippen molar-refractivity contribution in [1.29, 1.82) is 0 Å². The molecule has 0 fully saturated rings. The zero-order valence-electron chi connectivity index (χ0n) is 10.1. The first-order valence-corrected chi connectivity index (χ1v) is 5.23. The van der Waals surface area contributed by atoms with E-state index in [1.54, 1.807) is 11.9 Å². The first kappa shape index (κ1) is 12.3. The molecule has 0 spiro atoms. The van der Waals surface area contributed by atoms with Crippen LogP contribution in [-0.4, -0.2) is 31.4 Å². The number of hydrogen-bond donors (Lipinski definition) is 1. The summed E-state index contributed by atoms with van der Waals surface area (Å²) in [5.41, 5.74) is 2.51. The number of likely N-dealkylation sites (N-methyl/N-ethyl adjacent to an activating group) is 1. The summed E-state index contributed by atoms with van der Waals surface area (Å²) in [5.74, 6) is 0.00736. The van der Waals surface area contributed by atoms with E-state index in [1.165, 1.54) is 0 Å². The number of rotatable bonds is 4. The molecule has 3 nitrogen and oxygen atoms in total. The lowest BCUT2D eigenvalue weighted by Gasteiger charge is -2.18. The van der Waals surface area contributed by atoms with Crippen molar-refractivity contribution in [2.45, 2.75) is 6.92 Å². The predicted molar refractivity (Wildman–Crippen MR) is 67.8 cm³/mol. The van der Waals surface area contributed by atoms with Gasteiger partial charge in [-0.15, -0.1) is 0 Å². The molecule has 0 saturated heterocycles. The SMILES string of the molecule is C=C(C)CN(C)C(=O)c1ccccc1NC. The Balaban J connectivity index is 2.91. The third-order valence-electron chi connectivity index (χ3n) is 2.28. The zero-order chi connectivity index (χ0) is 12.1. The summed E-state index contributed by atoms with van der Waals surface area (Å²) in [6, 6.07) is 7.48. The van der Waals surface area contributed by atoms with Crippen molar-refractivity contribution in [1.82, 2.24) is 4.90 Å². The van der Waals surface area contributed by atoms with E-state index in [0.717, 1.165) is 11.3 Å². The third kappa shape index (κ3) is 2.86. The maximum Gasteiger partial charge on any atom is 0.255 e. The first-order valence-electron chi connectivity index (χ1n) is 5.23. The van der Waals surface area contributed by atoms with Crippen molar-refractivity contribution in [3.05, 3.63) is 42.0 Å². The van der Waals surface area contributed by atoms with Crippen LogP contribution in [0.4, 0.5) is 5.69 Å². The van der Waals surface area contributed by atoms with E-state index in [4.69, 9.17) is 0 Å². The Bertz CT molecular complexity index is 399.